The zero-order valence-electron chi connectivity index (χ0n) is 24.9. The Morgan fingerprint density at radius 3 is 2.22 bits per heavy atom. The quantitative estimate of drug-likeness (QED) is 0.330. The first-order chi connectivity index (χ1) is 21.5. The summed E-state index contributed by atoms with van der Waals surface area (Å²) in [7, 11) is 0. The van der Waals surface area contributed by atoms with E-state index in [2.05, 4.69) is 10.4 Å². The molecule has 0 radical (unpaired) electrons. The summed E-state index contributed by atoms with van der Waals surface area (Å²) in [5, 5.41) is 16.0. The van der Waals surface area contributed by atoms with Gasteiger partial charge in [-0.05, 0) is 51.7 Å². The Morgan fingerprint density at radius 2 is 1.64 bits per heavy atom. The highest BCUT2D eigenvalue weighted by atomic mass is 19.2. The summed E-state index contributed by atoms with van der Waals surface area (Å²) in [6, 6.07) is 2.82. The number of esters is 1. The molecule has 16 heteroatoms. The highest BCUT2D eigenvalue weighted by Crippen LogP contribution is 2.39. The number of ether oxygens (including phenoxy) is 3. The van der Waals surface area contributed by atoms with Crippen molar-refractivity contribution >= 4 is 29.8 Å². The number of benzene rings is 1. The third kappa shape index (κ3) is 7.67. The van der Waals surface area contributed by atoms with Gasteiger partial charge < -0.3 is 34.4 Å². The van der Waals surface area contributed by atoms with Crippen LogP contribution in [0.3, 0.4) is 0 Å². The maximum atomic E-state index is 14.2. The lowest BCUT2D eigenvalue weighted by molar-refractivity contribution is -0.170. The highest BCUT2D eigenvalue weighted by molar-refractivity contribution is 5.96. The molecule has 1 aromatic heterocycles. The zero-order chi connectivity index (χ0) is 32.7. The average Bonchev–Trinajstić information content (AvgIpc) is 3.42. The highest BCUT2D eigenvalue weighted by Gasteiger charge is 2.49. The van der Waals surface area contributed by atoms with Crippen LogP contribution in [0.1, 0.15) is 56.4 Å². The van der Waals surface area contributed by atoms with Gasteiger partial charge in [0, 0.05) is 44.7 Å². The lowest BCUT2D eigenvalue weighted by Crippen LogP contribution is -2.56. The smallest absolute Gasteiger partial charge is 0.409 e. The van der Waals surface area contributed by atoms with Gasteiger partial charge in [-0.1, -0.05) is 0 Å². The van der Waals surface area contributed by atoms with Crippen LogP contribution in [0, 0.1) is 11.6 Å². The predicted octanol–water partition coefficient (Wildman–Crippen LogP) is 2.28. The minimum absolute atomic E-state index is 0.0146. The van der Waals surface area contributed by atoms with Gasteiger partial charge in [0.05, 0.1) is 18.9 Å². The van der Waals surface area contributed by atoms with Gasteiger partial charge in [0.2, 0.25) is 17.4 Å². The van der Waals surface area contributed by atoms with Crippen LogP contribution in [0.2, 0.25) is 0 Å². The monoisotopic (exact) mass is 635 g/mol. The van der Waals surface area contributed by atoms with E-state index in [1.807, 2.05) is 0 Å². The molecular weight excluding hydrogens is 600 g/mol. The van der Waals surface area contributed by atoms with Crippen LogP contribution >= 0.6 is 0 Å². The van der Waals surface area contributed by atoms with Crippen LogP contribution in [0.15, 0.2) is 24.3 Å². The van der Waals surface area contributed by atoms with Gasteiger partial charge in [-0.3, -0.25) is 14.4 Å². The Hall–Kier alpha value is -4.76. The minimum Gasteiger partial charge on any atom is -0.481 e. The average molecular weight is 636 g/mol. The van der Waals surface area contributed by atoms with Crippen molar-refractivity contribution in [3.63, 3.8) is 0 Å². The number of aromatic nitrogens is 2. The number of nitrogens with one attached hydrogen (secondary N) is 1. The zero-order valence-corrected chi connectivity index (χ0v) is 24.9. The Labute approximate surface area is 257 Å². The molecule has 45 heavy (non-hydrogen) atoms. The number of rotatable bonds is 12. The van der Waals surface area contributed by atoms with Gasteiger partial charge in [0.1, 0.15) is 6.04 Å². The SMILES string of the molecule is CCOC(=O)N1CCN(C(=O)[C@H](CCC(=O)O)NC(=O)c2cc(OC3(C(=O)OCC)CCC3)n(-c3ccc(F)c(F)c3)n2)CC1. The number of aliphatic carboxylic acids is 1. The number of carbonyl (C=O) groups excluding carboxylic acids is 4. The van der Waals surface area contributed by atoms with Crippen molar-refractivity contribution in [3.05, 3.63) is 41.6 Å². The number of amides is 3. The summed E-state index contributed by atoms with van der Waals surface area (Å²) in [6.45, 7) is 4.26. The van der Waals surface area contributed by atoms with Gasteiger partial charge >= 0.3 is 18.0 Å². The number of carbonyl (C=O) groups is 5. The normalized spacial score (nSPS) is 16.3. The Kier molecular flexibility index (Phi) is 10.6. The van der Waals surface area contributed by atoms with E-state index < -0.39 is 59.5 Å². The largest absolute Gasteiger partial charge is 0.481 e. The first-order valence-electron chi connectivity index (χ1n) is 14.6. The molecule has 1 atom stereocenters. The molecule has 1 saturated carbocycles. The molecule has 1 saturated heterocycles. The molecule has 2 fully saturated rings. The molecule has 4 rings (SSSR count). The number of hydrogen-bond donors (Lipinski definition) is 2. The van der Waals surface area contributed by atoms with Crippen molar-refractivity contribution in [3.8, 4) is 11.6 Å². The van der Waals surface area contributed by atoms with Crippen LogP contribution in [0.25, 0.3) is 5.69 Å². The van der Waals surface area contributed by atoms with Crippen LogP contribution in [0.5, 0.6) is 5.88 Å². The maximum Gasteiger partial charge on any atom is 0.409 e. The molecule has 14 nitrogen and oxygen atoms in total. The summed E-state index contributed by atoms with van der Waals surface area (Å²) in [4.78, 5) is 65.8. The van der Waals surface area contributed by atoms with Crippen LogP contribution in [-0.2, 0) is 23.9 Å². The lowest BCUT2D eigenvalue weighted by atomic mass is 9.80. The molecule has 0 unspecified atom stereocenters. The molecular formula is C29H35F2N5O9. The van der Waals surface area contributed by atoms with E-state index in [9.17, 15) is 37.9 Å². The van der Waals surface area contributed by atoms with E-state index in [1.165, 1.54) is 21.9 Å². The van der Waals surface area contributed by atoms with Crippen molar-refractivity contribution in [1.82, 2.24) is 24.9 Å². The molecule has 244 valence electrons. The predicted molar refractivity (Wildman–Crippen MR) is 151 cm³/mol. The van der Waals surface area contributed by atoms with Crippen LogP contribution < -0.4 is 10.1 Å². The topological polar surface area (TPSA) is 170 Å². The fourth-order valence-electron chi connectivity index (χ4n) is 4.96. The van der Waals surface area contributed by atoms with E-state index in [0.29, 0.717) is 19.3 Å². The number of piperazine rings is 1. The first kappa shape index (κ1) is 33.1. The first-order valence-corrected chi connectivity index (χ1v) is 14.6. The number of carboxylic acids is 1. The molecule has 2 heterocycles. The van der Waals surface area contributed by atoms with Gasteiger partial charge in [-0.15, -0.1) is 0 Å². The van der Waals surface area contributed by atoms with Gasteiger partial charge in [-0.2, -0.15) is 5.10 Å². The Bertz CT molecular complexity index is 1440. The summed E-state index contributed by atoms with van der Waals surface area (Å²) >= 11 is 0. The van der Waals surface area contributed by atoms with Crippen LogP contribution in [0.4, 0.5) is 13.6 Å². The summed E-state index contributed by atoms with van der Waals surface area (Å²) < 4.78 is 45.1. The third-order valence-electron chi connectivity index (χ3n) is 7.53. The summed E-state index contributed by atoms with van der Waals surface area (Å²) in [5.74, 6) is -5.68. The van der Waals surface area contributed by atoms with E-state index in [0.717, 1.165) is 16.8 Å². The van der Waals surface area contributed by atoms with E-state index >= 15 is 0 Å². The van der Waals surface area contributed by atoms with Crippen molar-refractivity contribution in [2.75, 3.05) is 39.4 Å². The number of carboxylic acid groups (broad SMARTS) is 1. The molecule has 1 aliphatic carbocycles. The fourth-order valence-corrected chi connectivity index (χ4v) is 4.96. The van der Waals surface area contributed by atoms with Gasteiger partial charge in [0.25, 0.3) is 5.91 Å². The molecule has 1 aliphatic heterocycles. The van der Waals surface area contributed by atoms with Crippen molar-refractivity contribution in [2.24, 2.45) is 0 Å². The molecule has 2 N–H and O–H groups in total. The Balaban J connectivity index is 1.58. The fraction of sp³-hybridized carbons (Fsp3) is 0.517. The molecule has 2 aromatic rings. The number of nitrogens with zero attached hydrogens (tertiary/aromatic N) is 4. The second-order valence-electron chi connectivity index (χ2n) is 10.5. The van der Waals surface area contributed by atoms with Crippen molar-refractivity contribution in [1.29, 1.82) is 0 Å². The summed E-state index contributed by atoms with van der Waals surface area (Å²) in [6.07, 6.45) is 0.0990. The molecule has 0 spiro atoms. The van der Waals surface area contributed by atoms with E-state index in [1.54, 1.807) is 13.8 Å². The minimum atomic E-state index is -1.37. The Morgan fingerprint density at radius 1 is 0.978 bits per heavy atom. The van der Waals surface area contributed by atoms with E-state index in [4.69, 9.17) is 14.2 Å². The second kappa shape index (κ2) is 14.3. The second-order valence-corrected chi connectivity index (χ2v) is 10.5. The van der Waals surface area contributed by atoms with Crippen molar-refractivity contribution < 1.29 is 52.1 Å². The van der Waals surface area contributed by atoms with Crippen molar-refractivity contribution in [2.45, 2.75) is 57.6 Å². The van der Waals surface area contributed by atoms with E-state index in [-0.39, 0.29) is 63.1 Å². The lowest BCUT2D eigenvalue weighted by Gasteiger charge is -2.38. The molecule has 2 aliphatic rings. The summed E-state index contributed by atoms with van der Waals surface area (Å²) in [5.41, 5.74) is -1.68. The molecule has 1 aromatic carbocycles. The number of halogens is 2. The standard InChI is InChI=1S/C29H35F2N5O9/c1-3-43-27(41)29(10-5-11-29)45-23-17-22(33-36(23)18-6-7-19(30)20(31)16-18)25(39)32-21(8-9-24(37)38)26(40)34-12-14-35(15-13-34)28(42)44-4-2/h6-7,16-17,21H,3-5,8-15H2,1-2H3,(H,32,39)(H,37,38)/t21-/m0/s1. The molecule has 0 bridgehead atoms. The van der Waals surface area contributed by atoms with Crippen LogP contribution in [-0.4, -0.2) is 106 Å². The third-order valence-corrected chi connectivity index (χ3v) is 7.53. The molecule has 3 amide bonds. The van der Waals surface area contributed by atoms with Gasteiger partial charge in [0.15, 0.2) is 17.3 Å². The maximum absolute atomic E-state index is 14.2. The number of hydrogen-bond acceptors (Lipinski definition) is 9. The van der Waals surface area contributed by atoms with Gasteiger partial charge in [-0.25, -0.2) is 23.1 Å².